The number of methoxy groups -OCH3 is 2. The molecule has 0 bridgehead atoms. The van der Waals surface area contributed by atoms with Gasteiger partial charge >= 0.3 is 0 Å². The average Bonchev–Trinajstić information content (AvgIpc) is 2.40. The van der Waals surface area contributed by atoms with Crippen molar-refractivity contribution < 1.29 is 19.0 Å². The number of carbonyl (C=O) groups is 1. The van der Waals surface area contributed by atoms with E-state index in [1.54, 1.807) is 19.1 Å². The van der Waals surface area contributed by atoms with Crippen LogP contribution in [0.1, 0.15) is 19.8 Å². The van der Waals surface area contributed by atoms with E-state index in [2.05, 4.69) is 0 Å². The lowest BCUT2D eigenvalue weighted by Gasteiger charge is -2.39. The molecular formula is C13H26N2O4. The van der Waals surface area contributed by atoms with Crippen LogP contribution in [0.15, 0.2) is 0 Å². The summed E-state index contributed by atoms with van der Waals surface area (Å²) < 4.78 is 15.5. The van der Waals surface area contributed by atoms with Crippen LogP contribution < -0.4 is 5.73 Å². The molecule has 2 N–H and O–H groups in total. The first-order valence-corrected chi connectivity index (χ1v) is 6.70. The fourth-order valence-electron chi connectivity index (χ4n) is 2.28. The van der Waals surface area contributed by atoms with Crippen molar-refractivity contribution >= 4 is 5.91 Å². The van der Waals surface area contributed by atoms with Gasteiger partial charge in [0, 0.05) is 34.0 Å². The third-order valence-electron chi connectivity index (χ3n) is 3.55. The van der Waals surface area contributed by atoms with E-state index in [1.807, 2.05) is 6.92 Å². The lowest BCUT2D eigenvalue weighted by molar-refractivity contribution is -0.144. The monoisotopic (exact) mass is 274 g/mol. The molecule has 112 valence electrons. The number of carbonyl (C=O) groups excluding carboxylic acids is 1. The normalized spacial score (nSPS) is 20.0. The molecule has 0 aliphatic carbocycles. The summed E-state index contributed by atoms with van der Waals surface area (Å²) in [6.45, 7) is 4.55. The Bertz CT molecular complexity index is 280. The van der Waals surface area contributed by atoms with Gasteiger partial charge in [-0.3, -0.25) is 4.79 Å². The van der Waals surface area contributed by atoms with E-state index in [-0.39, 0.29) is 11.9 Å². The summed E-state index contributed by atoms with van der Waals surface area (Å²) in [5.74, 6) is -0.0302. The predicted octanol–water partition coefficient (Wildman–Crippen LogP) is 0.00420. The first-order valence-electron chi connectivity index (χ1n) is 6.70. The highest BCUT2D eigenvalue weighted by Gasteiger charge is 2.40. The Morgan fingerprint density at radius 2 is 2.00 bits per heavy atom. The van der Waals surface area contributed by atoms with E-state index in [9.17, 15) is 4.79 Å². The van der Waals surface area contributed by atoms with Gasteiger partial charge in [0.15, 0.2) is 0 Å². The zero-order valence-corrected chi connectivity index (χ0v) is 12.2. The highest BCUT2D eigenvalue weighted by atomic mass is 16.5. The van der Waals surface area contributed by atoms with E-state index in [1.165, 1.54) is 0 Å². The molecule has 1 saturated heterocycles. The Kier molecular flexibility index (Phi) is 6.71. The third kappa shape index (κ3) is 4.42. The number of rotatable bonds is 7. The second-order valence-corrected chi connectivity index (χ2v) is 5.06. The Hall–Kier alpha value is -0.690. The van der Waals surface area contributed by atoms with Crippen LogP contribution in [-0.4, -0.2) is 69.6 Å². The fraction of sp³-hybridized carbons (Fsp3) is 0.923. The summed E-state index contributed by atoms with van der Waals surface area (Å²) >= 11 is 0. The zero-order chi connectivity index (χ0) is 14.3. The molecule has 19 heavy (non-hydrogen) atoms. The number of ether oxygens (including phenoxy) is 3. The molecule has 0 spiro atoms. The summed E-state index contributed by atoms with van der Waals surface area (Å²) in [7, 11) is 3.25. The van der Waals surface area contributed by atoms with Crippen LogP contribution in [0, 0.1) is 0 Å². The smallest absolute Gasteiger partial charge is 0.243 e. The van der Waals surface area contributed by atoms with E-state index < -0.39 is 5.54 Å². The van der Waals surface area contributed by atoms with Crippen molar-refractivity contribution in [3.05, 3.63) is 0 Å². The van der Waals surface area contributed by atoms with Gasteiger partial charge in [-0.2, -0.15) is 0 Å². The maximum absolute atomic E-state index is 12.7. The Morgan fingerprint density at radius 1 is 1.37 bits per heavy atom. The quantitative estimate of drug-likeness (QED) is 0.707. The largest absolute Gasteiger partial charge is 0.383 e. The number of nitrogens with two attached hydrogens (primary N) is 1. The average molecular weight is 274 g/mol. The topological polar surface area (TPSA) is 74.0 Å². The molecule has 6 nitrogen and oxygen atoms in total. The van der Waals surface area contributed by atoms with Crippen molar-refractivity contribution in [2.75, 3.05) is 47.2 Å². The van der Waals surface area contributed by atoms with Gasteiger partial charge in [-0.05, 0) is 19.8 Å². The second kappa shape index (κ2) is 7.79. The maximum atomic E-state index is 12.7. The molecule has 0 aromatic carbocycles. The van der Waals surface area contributed by atoms with E-state index in [0.717, 1.165) is 0 Å². The number of nitrogens with zero attached hydrogens (tertiary/aromatic N) is 1. The highest BCUT2D eigenvalue weighted by Crippen LogP contribution is 2.21. The summed E-state index contributed by atoms with van der Waals surface area (Å²) in [5, 5.41) is 0. The molecule has 1 rings (SSSR count). The van der Waals surface area contributed by atoms with Gasteiger partial charge in [-0.15, -0.1) is 0 Å². The van der Waals surface area contributed by atoms with Crippen LogP contribution >= 0.6 is 0 Å². The van der Waals surface area contributed by atoms with Gasteiger partial charge in [-0.25, -0.2) is 0 Å². The highest BCUT2D eigenvalue weighted by molar-refractivity contribution is 5.86. The van der Waals surface area contributed by atoms with Gasteiger partial charge in [0.2, 0.25) is 5.91 Å². The van der Waals surface area contributed by atoms with Crippen molar-refractivity contribution in [2.45, 2.75) is 31.3 Å². The van der Waals surface area contributed by atoms with Crippen molar-refractivity contribution in [1.29, 1.82) is 0 Å². The van der Waals surface area contributed by atoms with Gasteiger partial charge in [0.05, 0.1) is 24.8 Å². The van der Waals surface area contributed by atoms with Crippen LogP contribution in [-0.2, 0) is 19.0 Å². The minimum atomic E-state index is -0.812. The van der Waals surface area contributed by atoms with Gasteiger partial charge < -0.3 is 24.8 Å². The number of amides is 1. The molecule has 0 saturated carbocycles. The van der Waals surface area contributed by atoms with Gasteiger partial charge in [0.1, 0.15) is 0 Å². The minimum Gasteiger partial charge on any atom is -0.383 e. The molecular weight excluding hydrogens is 248 g/mol. The van der Waals surface area contributed by atoms with Crippen molar-refractivity contribution in [3.63, 3.8) is 0 Å². The lowest BCUT2D eigenvalue weighted by atomic mass is 9.89. The fourth-order valence-corrected chi connectivity index (χ4v) is 2.28. The van der Waals surface area contributed by atoms with Gasteiger partial charge in [0.25, 0.3) is 0 Å². The summed E-state index contributed by atoms with van der Waals surface area (Å²) in [5.41, 5.74) is 5.44. The van der Waals surface area contributed by atoms with Crippen LogP contribution in [0.4, 0.5) is 0 Å². The van der Waals surface area contributed by atoms with Crippen LogP contribution in [0.2, 0.25) is 0 Å². The van der Waals surface area contributed by atoms with E-state index in [0.29, 0.717) is 45.8 Å². The minimum absolute atomic E-state index is 0.0177. The summed E-state index contributed by atoms with van der Waals surface area (Å²) in [6, 6.07) is -0.0177. The number of hydrogen-bond acceptors (Lipinski definition) is 5. The molecule has 1 atom stereocenters. The summed E-state index contributed by atoms with van der Waals surface area (Å²) in [6.07, 6.45) is 1.13. The summed E-state index contributed by atoms with van der Waals surface area (Å²) in [4.78, 5) is 14.4. The lowest BCUT2D eigenvalue weighted by Crippen LogP contribution is -2.60. The van der Waals surface area contributed by atoms with Gasteiger partial charge in [-0.1, -0.05) is 0 Å². The molecule has 1 aliphatic rings. The molecule has 0 aromatic rings. The standard InChI is InChI=1S/C13H26N2O4/c1-11(10-18-3)15(6-9-17-2)12(16)13(14)4-7-19-8-5-13/h11H,4-10,14H2,1-3H3. The second-order valence-electron chi connectivity index (χ2n) is 5.06. The number of hydrogen-bond donors (Lipinski definition) is 1. The molecule has 1 aliphatic heterocycles. The van der Waals surface area contributed by atoms with Crippen molar-refractivity contribution in [3.8, 4) is 0 Å². The van der Waals surface area contributed by atoms with Crippen LogP contribution in [0.3, 0.4) is 0 Å². The van der Waals surface area contributed by atoms with E-state index in [4.69, 9.17) is 19.9 Å². The van der Waals surface area contributed by atoms with Crippen LogP contribution in [0.5, 0.6) is 0 Å². The van der Waals surface area contributed by atoms with Crippen molar-refractivity contribution in [1.82, 2.24) is 4.90 Å². The molecule has 1 unspecified atom stereocenters. The molecule has 1 heterocycles. The Balaban J connectivity index is 2.73. The molecule has 0 radical (unpaired) electrons. The first kappa shape index (κ1) is 16.4. The SMILES string of the molecule is COCCN(C(=O)C1(N)CCOCC1)C(C)COC. The molecule has 1 amide bonds. The first-order chi connectivity index (χ1) is 9.05. The van der Waals surface area contributed by atoms with Crippen LogP contribution in [0.25, 0.3) is 0 Å². The molecule has 6 heteroatoms. The zero-order valence-electron chi connectivity index (χ0n) is 12.2. The Labute approximate surface area is 115 Å². The molecule has 0 aromatic heterocycles. The molecule has 1 fully saturated rings. The maximum Gasteiger partial charge on any atom is 0.243 e. The van der Waals surface area contributed by atoms with Crippen molar-refractivity contribution in [2.24, 2.45) is 5.73 Å². The Morgan fingerprint density at radius 3 is 2.53 bits per heavy atom. The predicted molar refractivity (Wildman–Crippen MR) is 71.9 cm³/mol. The third-order valence-corrected chi connectivity index (χ3v) is 3.55. The van der Waals surface area contributed by atoms with E-state index >= 15 is 0 Å².